The number of benzene rings is 2. The van der Waals surface area contributed by atoms with Gasteiger partial charge in [-0.15, -0.1) is 0 Å². The van der Waals surface area contributed by atoms with Crippen molar-refractivity contribution in [1.82, 2.24) is 5.32 Å². The molecule has 0 atom stereocenters. The number of aryl methyl sites for hydroxylation is 1. The molecule has 0 saturated heterocycles. The van der Waals surface area contributed by atoms with Crippen LogP contribution in [0.1, 0.15) is 21.5 Å². The third kappa shape index (κ3) is 3.91. The monoisotopic (exact) mass is 300 g/mol. The van der Waals surface area contributed by atoms with E-state index in [-0.39, 0.29) is 12.5 Å². The maximum absolute atomic E-state index is 12.8. The SMILES string of the molecule is Cc1cccc(NC(=O)CNC(=O)c2ccc(F)cc2)c1C. The predicted molar refractivity (Wildman–Crippen MR) is 83.3 cm³/mol. The summed E-state index contributed by atoms with van der Waals surface area (Å²) < 4.78 is 12.8. The number of rotatable bonds is 4. The zero-order valence-corrected chi connectivity index (χ0v) is 12.4. The highest BCUT2D eigenvalue weighted by Gasteiger charge is 2.09. The Labute approximate surface area is 128 Å². The zero-order valence-electron chi connectivity index (χ0n) is 12.4. The number of carbonyl (C=O) groups is 2. The average molecular weight is 300 g/mol. The van der Waals surface area contributed by atoms with Crippen LogP contribution in [-0.2, 0) is 4.79 Å². The molecular weight excluding hydrogens is 283 g/mol. The number of carbonyl (C=O) groups excluding carboxylic acids is 2. The van der Waals surface area contributed by atoms with Crippen molar-refractivity contribution >= 4 is 17.5 Å². The van der Waals surface area contributed by atoms with Gasteiger partial charge in [0.25, 0.3) is 5.91 Å². The van der Waals surface area contributed by atoms with Crippen LogP contribution < -0.4 is 10.6 Å². The Morgan fingerprint density at radius 2 is 1.73 bits per heavy atom. The van der Waals surface area contributed by atoms with E-state index in [2.05, 4.69) is 10.6 Å². The van der Waals surface area contributed by atoms with Crippen LogP contribution >= 0.6 is 0 Å². The van der Waals surface area contributed by atoms with E-state index < -0.39 is 11.7 Å². The number of nitrogens with one attached hydrogen (secondary N) is 2. The second-order valence-corrected chi connectivity index (χ2v) is 4.99. The molecule has 5 heteroatoms. The van der Waals surface area contributed by atoms with Gasteiger partial charge in [-0.05, 0) is 55.3 Å². The van der Waals surface area contributed by atoms with E-state index in [4.69, 9.17) is 0 Å². The van der Waals surface area contributed by atoms with Crippen LogP contribution in [0.2, 0.25) is 0 Å². The first-order chi connectivity index (χ1) is 10.5. The first kappa shape index (κ1) is 15.7. The molecule has 2 rings (SSSR count). The number of hydrogen-bond acceptors (Lipinski definition) is 2. The van der Waals surface area contributed by atoms with Crippen molar-refractivity contribution in [3.05, 3.63) is 65.0 Å². The second-order valence-electron chi connectivity index (χ2n) is 4.99. The lowest BCUT2D eigenvalue weighted by atomic mass is 10.1. The summed E-state index contributed by atoms with van der Waals surface area (Å²) in [6, 6.07) is 10.8. The van der Waals surface area contributed by atoms with Crippen LogP contribution in [0.5, 0.6) is 0 Å². The molecule has 2 aromatic carbocycles. The molecule has 0 heterocycles. The van der Waals surface area contributed by atoms with E-state index in [1.807, 2.05) is 32.0 Å². The standard InChI is InChI=1S/C17H17FN2O2/c1-11-4-3-5-15(12(11)2)20-16(21)10-19-17(22)13-6-8-14(18)9-7-13/h3-9H,10H2,1-2H3,(H,19,22)(H,20,21). The summed E-state index contributed by atoms with van der Waals surface area (Å²) in [5.41, 5.74) is 3.09. The Hall–Kier alpha value is -2.69. The molecule has 0 aromatic heterocycles. The van der Waals surface area contributed by atoms with Gasteiger partial charge in [-0.2, -0.15) is 0 Å². The van der Waals surface area contributed by atoms with E-state index in [0.717, 1.165) is 16.8 Å². The molecule has 2 amide bonds. The van der Waals surface area contributed by atoms with Crippen LogP contribution in [-0.4, -0.2) is 18.4 Å². The average Bonchev–Trinajstić information content (AvgIpc) is 2.50. The minimum absolute atomic E-state index is 0.149. The Morgan fingerprint density at radius 1 is 1.05 bits per heavy atom. The fourth-order valence-electron chi connectivity index (χ4n) is 1.94. The molecule has 0 bridgehead atoms. The quantitative estimate of drug-likeness (QED) is 0.912. The molecule has 0 aliphatic carbocycles. The van der Waals surface area contributed by atoms with Gasteiger partial charge >= 0.3 is 0 Å². The first-order valence-corrected chi connectivity index (χ1v) is 6.87. The van der Waals surface area contributed by atoms with Crippen molar-refractivity contribution in [2.24, 2.45) is 0 Å². The summed E-state index contributed by atoms with van der Waals surface area (Å²) >= 11 is 0. The maximum Gasteiger partial charge on any atom is 0.251 e. The van der Waals surface area contributed by atoms with Gasteiger partial charge in [-0.1, -0.05) is 12.1 Å². The highest BCUT2D eigenvalue weighted by Crippen LogP contribution is 2.17. The van der Waals surface area contributed by atoms with Crippen molar-refractivity contribution in [2.45, 2.75) is 13.8 Å². The smallest absolute Gasteiger partial charge is 0.251 e. The maximum atomic E-state index is 12.8. The summed E-state index contributed by atoms with van der Waals surface area (Å²) in [5, 5.41) is 5.25. The van der Waals surface area contributed by atoms with Gasteiger partial charge < -0.3 is 10.6 Å². The van der Waals surface area contributed by atoms with E-state index in [9.17, 15) is 14.0 Å². The summed E-state index contributed by atoms with van der Waals surface area (Å²) in [7, 11) is 0. The first-order valence-electron chi connectivity index (χ1n) is 6.87. The minimum Gasteiger partial charge on any atom is -0.343 e. The topological polar surface area (TPSA) is 58.2 Å². The molecule has 4 nitrogen and oxygen atoms in total. The van der Waals surface area contributed by atoms with Gasteiger partial charge in [0, 0.05) is 11.3 Å². The third-order valence-electron chi connectivity index (χ3n) is 3.39. The van der Waals surface area contributed by atoms with E-state index in [0.29, 0.717) is 5.56 Å². The fourth-order valence-corrected chi connectivity index (χ4v) is 1.94. The van der Waals surface area contributed by atoms with Gasteiger partial charge in [0.15, 0.2) is 0 Å². The van der Waals surface area contributed by atoms with Crippen LogP contribution in [0.25, 0.3) is 0 Å². The Kier molecular flexibility index (Phi) is 4.88. The summed E-state index contributed by atoms with van der Waals surface area (Å²) in [6.45, 7) is 3.73. The highest BCUT2D eigenvalue weighted by atomic mass is 19.1. The van der Waals surface area contributed by atoms with Gasteiger partial charge in [0.05, 0.1) is 6.54 Å². The lowest BCUT2D eigenvalue weighted by Gasteiger charge is -2.11. The number of anilines is 1. The van der Waals surface area contributed by atoms with Gasteiger partial charge in [-0.25, -0.2) is 4.39 Å². The van der Waals surface area contributed by atoms with E-state index >= 15 is 0 Å². The highest BCUT2D eigenvalue weighted by molar-refractivity contribution is 5.99. The molecule has 0 unspecified atom stereocenters. The van der Waals surface area contributed by atoms with Crippen molar-refractivity contribution in [2.75, 3.05) is 11.9 Å². The summed E-state index contributed by atoms with van der Waals surface area (Å²) in [5.74, 6) is -1.15. The summed E-state index contributed by atoms with van der Waals surface area (Å²) in [6.07, 6.45) is 0. The van der Waals surface area contributed by atoms with Gasteiger partial charge in [-0.3, -0.25) is 9.59 Å². The predicted octanol–water partition coefficient (Wildman–Crippen LogP) is 2.81. The molecule has 0 spiro atoms. The van der Waals surface area contributed by atoms with Crippen molar-refractivity contribution in [3.8, 4) is 0 Å². The molecule has 0 aliphatic rings. The van der Waals surface area contributed by atoms with Crippen LogP contribution in [0, 0.1) is 19.7 Å². The van der Waals surface area contributed by atoms with Crippen molar-refractivity contribution < 1.29 is 14.0 Å². The second kappa shape index (κ2) is 6.85. The van der Waals surface area contributed by atoms with Crippen molar-refractivity contribution in [1.29, 1.82) is 0 Å². The lowest BCUT2D eigenvalue weighted by Crippen LogP contribution is -2.33. The molecule has 2 aromatic rings. The summed E-state index contributed by atoms with van der Waals surface area (Å²) in [4.78, 5) is 23.7. The van der Waals surface area contributed by atoms with E-state index in [1.165, 1.54) is 24.3 Å². The normalized spacial score (nSPS) is 10.1. The van der Waals surface area contributed by atoms with Crippen LogP contribution in [0.3, 0.4) is 0 Å². The van der Waals surface area contributed by atoms with E-state index in [1.54, 1.807) is 0 Å². The zero-order chi connectivity index (χ0) is 16.1. The molecule has 2 N–H and O–H groups in total. The minimum atomic E-state index is -0.420. The molecule has 0 aliphatic heterocycles. The number of halogens is 1. The molecule has 114 valence electrons. The number of hydrogen-bond donors (Lipinski definition) is 2. The molecular formula is C17H17FN2O2. The van der Waals surface area contributed by atoms with Crippen LogP contribution in [0.15, 0.2) is 42.5 Å². The molecule has 0 fully saturated rings. The lowest BCUT2D eigenvalue weighted by molar-refractivity contribution is -0.115. The Morgan fingerprint density at radius 3 is 2.41 bits per heavy atom. The Bertz CT molecular complexity index is 696. The molecule has 0 saturated carbocycles. The van der Waals surface area contributed by atoms with Gasteiger partial charge in [0.2, 0.25) is 5.91 Å². The molecule has 0 radical (unpaired) electrons. The number of amides is 2. The molecule has 22 heavy (non-hydrogen) atoms. The van der Waals surface area contributed by atoms with Crippen molar-refractivity contribution in [3.63, 3.8) is 0 Å². The third-order valence-corrected chi connectivity index (χ3v) is 3.39. The Balaban J connectivity index is 1.91. The van der Waals surface area contributed by atoms with Crippen LogP contribution in [0.4, 0.5) is 10.1 Å². The largest absolute Gasteiger partial charge is 0.343 e. The van der Waals surface area contributed by atoms with Gasteiger partial charge in [0.1, 0.15) is 5.82 Å². The fraction of sp³-hybridized carbons (Fsp3) is 0.176.